The molecule has 1 aliphatic rings. The quantitative estimate of drug-likeness (QED) is 0.469. The number of carbonyl (C=O) groups is 1. The Bertz CT molecular complexity index is 781. The summed E-state index contributed by atoms with van der Waals surface area (Å²) in [5.41, 5.74) is 1.16. The highest BCUT2D eigenvalue weighted by atomic mass is 79.9. The minimum atomic E-state index is -0.471. The van der Waals surface area contributed by atoms with E-state index in [-0.39, 0.29) is 17.2 Å². The summed E-state index contributed by atoms with van der Waals surface area (Å²) in [4.78, 5) is 22.3. The van der Waals surface area contributed by atoms with Crippen molar-refractivity contribution >= 4 is 33.5 Å². The molecule has 0 radical (unpaired) electrons. The van der Waals surface area contributed by atoms with Gasteiger partial charge in [-0.25, -0.2) is 0 Å². The molecular weight excluding hydrogens is 338 g/mol. The predicted molar refractivity (Wildman–Crippen MR) is 80.2 cm³/mol. The van der Waals surface area contributed by atoms with E-state index >= 15 is 0 Å². The number of rotatable bonds is 2. The Hall–Kier alpha value is -2.47. The molecule has 104 valence electrons. The smallest absolute Gasteiger partial charge is 0.269 e. The lowest BCUT2D eigenvalue weighted by molar-refractivity contribution is -0.384. The molecule has 1 heterocycles. The maximum absolute atomic E-state index is 12.2. The lowest BCUT2D eigenvalue weighted by Gasteiger charge is -1.98. The maximum Gasteiger partial charge on any atom is 0.269 e. The molecule has 0 fully saturated rings. The summed E-state index contributed by atoms with van der Waals surface area (Å²) in [7, 11) is 0. The molecule has 0 unspecified atom stereocenters. The fraction of sp³-hybridized carbons (Fsp3) is 0. The van der Waals surface area contributed by atoms with Gasteiger partial charge < -0.3 is 4.74 Å². The number of hydrogen-bond donors (Lipinski definition) is 0. The SMILES string of the molecule is O=C1/C(=C\c2ccc([N+](=O)[O-])cc2)Oc2ccc(Br)cc21. The van der Waals surface area contributed by atoms with Crippen LogP contribution in [0, 0.1) is 10.1 Å². The molecule has 0 aliphatic carbocycles. The first kappa shape index (κ1) is 13.5. The van der Waals surface area contributed by atoms with Crippen molar-refractivity contribution in [3.8, 4) is 5.75 Å². The van der Waals surface area contributed by atoms with Crippen molar-refractivity contribution in [1.29, 1.82) is 0 Å². The van der Waals surface area contributed by atoms with Gasteiger partial charge in [0.25, 0.3) is 5.69 Å². The average molecular weight is 346 g/mol. The van der Waals surface area contributed by atoms with E-state index < -0.39 is 4.92 Å². The fourth-order valence-electron chi connectivity index (χ4n) is 2.00. The van der Waals surface area contributed by atoms with Crippen LogP contribution in [0.2, 0.25) is 0 Å². The van der Waals surface area contributed by atoms with E-state index in [4.69, 9.17) is 4.74 Å². The summed E-state index contributed by atoms with van der Waals surface area (Å²) in [6.07, 6.45) is 1.57. The van der Waals surface area contributed by atoms with Crippen LogP contribution in [-0.2, 0) is 0 Å². The van der Waals surface area contributed by atoms with Gasteiger partial charge in [0.1, 0.15) is 5.75 Å². The zero-order valence-corrected chi connectivity index (χ0v) is 12.2. The lowest BCUT2D eigenvalue weighted by atomic mass is 10.1. The average Bonchev–Trinajstić information content (AvgIpc) is 2.76. The second-order valence-electron chi connectivity index (χ2n) is 4.43. The Morgan fingerprint density at radius 1 is 1.14 bits per heavy atom. The number of allylic oxidation sites excluding steroid dienone is 1. The molecule has 0 bridgehead atoms. The van der Waals surface area contributed by atoms with Gasteiger partial charge in [-0.1, -0.05) is 15.9 Å². The number of ketones is 1. The number of nitro benzene ring substituents is 1. The minimum Gasteiger partial charge on any atom is -0.452 e. The molecule has 3 rings (SSSR count). The number of nitrogens with zero attached hydrogens (tertiary/aromatic N) is 1. The van der Waals surface area contributed by atoms with Gasteiger partial charge in [-0.2, -0.15) is 0 Å². The summed E-state index contributed by atoms with van der Waals surface area (Å²) >= 11 is 3.31. The van der Waals surface area contributed by atoms with Crippen LogP contribution in [0.25, 0.3) is 6.08 Å². The van der Waals surface area contributed by atoms with Crippen LogP contribution < -0.4 is 4.74 Å². The number of Topliss-reactive ketones (excluding diaryl/α,β-unsaturated/α-hetero) is 1. The van der Waals surface area contributed by atoms with Gasteiger partial charge in [0, 0.05) is 16.6 Å². The Labute approximate surface area is 128 Å². The van der Waals surface area contributed by atoms with E-state index in [1.54, 1.807) is 36.4 Å². The number of benzene rings is 2. The Morgan fingerprint density at radius 3 is 2.52 bits per heavy atom. The van der Waals surface area contributed by atoms with E-state index in [0.29, 0.717) is 16.9 Å². The number of carbonyl (C=O) groups excluding carboxylic acids is 1. The van der Waals surface area contributed by atoms with Gasteiger partial charge in [-0.15, -0.1) is 0 Å². The van der Waals surface area contributed by atoms with Crippen LogP contribution in [0.5, 0.6) is 5.75 Å². The summed E-state index contributed by atoms with van der Waals surface area (Å²) in [5, 5.41) is 10.6. The molecule has 2 aromatic rings. The van der Waals surface area contributed by atoms with Gasteiger partial charge in [0.05, 0.1) is 10.5 Å². The van der Waals surface area contributed by atoms with Crippen LogP contribution in [0.4, 0.5) is 5.69 Å². The van der Waals surface area contributed by atoms with Crippen molar-refractivity contribution in [2.24, 2.45) is 0 Å². The molecule has 6 heteroatoms. The van der Waals surface area contributed by atoms with Crippen LogP contribution >= 0.6 is 15.9 Å². The Morgan fingerprint density at radius 2 is 1.86 bits per heavy atom. The third-order valence-corrected chi connectivity index (χ3v) is 3.52. The topological polar surface area (TPSA) is 69.4 Å². The highest BCUT2D eigenvalue weighted by Crippen LogP contribution is 2.33. The van der Waals surface area contributed by atoms with E-state index in [0.717, 1.165) is 4.47 Å². The van der Waals surface area contributed by atoms with E-state index in [2.05, 4.69) is 15.9 Å². The van der Waals surface area contributed by atoms with E-state index in [9.17, 15) is 14.9 Å². The Balaban J connectivity index is 1.92. The molecule has 0 saturated heterocycles. The number of fused-ring (bicyclic) bond motifs is 1. The summed E-state index contributed by atoms with van der Waals surface area (Å²) in [6.45, 7) is 0. The number of non-ortho nitro benzene ring substituents is 1. The van der Waals surface area contributed by atoms with Crippen molar-refractivity contribution in [3.05, 3.63) is 73.9 Å². The first-order valence-corrected chi connectivity index (χ1v) is 6.82. The van der Waals surface area contributed by atoms with Crippen molar-refractivity contribution in [3.63, 3.8) is 0 Å². The number of hydrogen-bond acceptors (Lipinski definition) is 4. The zero-order valence-electron chi connectivity index (χ0n) is 10.6. The number of nitro groups is 1. The van der Waals surface area contributed by atoms with Crippen molar-refractivity contribution < 1.29 is 14.5 Å². The molecule has 0 amide bonds. The molecule has 0 spiro atoms. The predicted octanol–water partition coefficient (Wildman–Crippen LogP) is 3.97. The van der Waals surface area contributed by atoms with Crippen LogP contribution in [0.1, 0.15) is 15.9 Å². The molecule has 1 aliphatic heterocycles. The molecule has 0 atom stereocenters. The summed E-state index contributed by atoms with van der Waals surface area (Å²) in [6, 6.07) is 11.1. The van der Waals surface area contributed by atoms with Crippen molar-refractivity contribution in [2.75, 3.05) is 0 Å². The van der Waals surface area contributed by atoms with Crippen LogP contribution in [0.15, 0.2) is 52.7 Å². The molecule has 0 aromatic heterocycles. The van der Waals surface area contributed by atoms with Crippen LogP contribution in [-0.4, -0.2) is 10.7 Å². The third kappa shape index (κ3) is 2.57. The van der Waals surface area contributed by atoms with Gasteiger partial charge in [0.2, 0.25) is 5.78 Å². The van der Waals surface area contributed by atoms with Crippen molar-refractivity contribution in [2.45, 2.75) is 0 Å². The monoisotopic (exact) mass is 345 g/mol. The normalized spacial score (nSPS) is 14.9. The van der Waals surface area contributed by atoms with Gasteiger partial charge in [0.15, 0.2) is 5.76 Å². The summed E-state index contributed by atoms with van der Waals surface area (Å²) in [5.74, 6) is 0.512. The third-order valence-electron chi connectivity index (χ3n) is 3.03. The van der Waals surface area contributed by atoms with Gasteiger partial charge in [-0.3, -0.25) is 14.9 Å². The summed E-state index contributed by atoms with van der Waals surface area (Å²) < 4.78 is 6.31. The molecule has 5 nitrogen and oxygen atoms in total. The molecule has 21 heavy (non-hydrogen) atoms. The van der Waals surface area contributed by atoms with Gasteiger partial charge >= 0.3 is 0 Å². The van der Waals surface area contributed by atoms with Crippen LogP contribution in [0.3, 0.4) is 0 Å². The maximum atomic E-state index is 12.2. The Kier molecular flexibility index (Phi) is 3.31. The lowest BCUT2D eigenvalue weighted by Crippen LogP contribution is -1.98. The zero-order chi connectivity index (χ0) is 15.0. The second-order valence-corrected chi connectivity index (χ2v) is 5.34. The van der Waals surface area contributed by atoms with Gasteiger partial charge in [-0.05, 0) is 42.0 Å². The second kappa shape index (κ2) is 5.14. The highest BCUT2D eigenvalue weighted by Gasteiger charge is 2.27. The van der Waals surface area contributed by atoms with E-state index in [1.165, 1.54) is 12.1 Å². The van der Waals surface area contributed by atoms with E-state index in [1.807, 2.05) is 0 Å². The molecule has 2 aromatic carbocycles. The number of halogens is 1. The largest absolute Gasteiger partial charge is 0.452 e. The molecule has 0 N–H and O–H groups in total. The standard InChI is InChI=1S/C15H8BrNO4/c16-10-3-6-13-12(8-10)15(18)14(21-13)7-9-1-4-11(5-2-9)17(19)20/h1-8H/b14-7+. The highest BCUT2D eigenvalue weighted by molar-refractivity contribution is 9.10. The molecule has 0 saturated carbocycles. The first-order chi connectivity index (χ1) is 10.0. The fourth-order valence-corrected chi connectivity index (χ4v) is 2.37. The minimum absolute atomic E-state index is 0.00281. The molecular formula is C15H8BrNO4. The first-order valence-electron chi connectivity index (χ1n) is 6.03. The number of ether oxygens (including phenoxy) is 1. The van der Waals surface area contributed by atoms with Crippen molar-refractivity contribution in [1.82, 2.24) is 0 Å².